The van der Waals surface area contributed by atoms with Crippen molar-refractivity contribution in [1.82, 2.24) is 0 Å². The maximum Gasteiger partial charge on any atom is 0.352 e. The van der Waals surface area contributed by atoms with E-state index in [4.69, 9.17) is 4.89 Å². The second kappa shape index (κ2) is 13.2. The van der Waals surface area contributed by atoms with Crippen molar-refractivity contribution in [2.45, 2.75) is 65.2 Å². The largest absolute Gasteiger partial charge is 0.352 e. The number of benzene rings is 1. The number of hydrogen-bond acceptors (Lipinski definition) is 3. The summed E-state index contributed by atoms with van der Waals surface area (Å²) in [7, 11) is 0. The van der Waals surface area contributed by atoms with Crippen molar-refractivity contribution < 1.29 is 14.6 Å². The smallest absolute Gasteiger partial charge is 0.287 e. The molecule has 0 bridgehead atoms. The van der Waals surface area contributed by atoms with Gasteiger partial charge in [-0.1, -0.05) is 63.6 Å². The monoisotopic (exact) mass is 301 g/mol. The fourth-order valence-corrected chi connectivity index (χ4v) is 2.17. The van der Waals surface area contributed by atoms with Crippen LogP contribution in [0.2, 0.25) is 0 Å². The number of unbranched alkanes of at least 4 members (excludes halogenated alkanes) is 6. The summed E-state index contributed by atoms with van der Waals surface area (Å²) in [4.78, 5) is 20.4. The van der Waals surface area contributed by atoms with Crippen molar-refractivity contribution in [3.63, 3.8) is 0 Å². The molecule has 0 aliphatic carbocycles. The fraction of sp³-hybridized carbons (Fsp3) is 0.588. The molecule has 0 fully saturated rings. The van der Waals surface area contributed by atoms with Crippen LogP contribution in [0.3, 0.4) is 0 Å². The van der Waals surface area contributed by atoms with Gasteiger partial charge in [-0.25, -0.2) is 4.79 Å². The van der Waals surface area contributed by atoms with Crippen molar-refractivity contribution in [2.75, 3.05) is 0 Å². The van der Waals surface area contributed by atoms with E-state index in [1.165, 1.54) is 45.4 Å². The molecule has 4 heteroatoms. The van der Waals surface area contributed by atoms with Crippen LogP contribution >= 0.6 is 0 Å². The van der Waals surface area contributed by atoms with Crippen LogP contribution in [0.1, 0.15) is 64.4 Å². The molecule has 0 saturated carbocycles. The van der Waals surface area contributed by atoms with E-state index in [1.54, 1.807) is 0 Å². The minimum Gasteiger partial charge on any atom is -0.287 e. The molecule has 0 aliphatic rings. The van der Waals surface area contributed by atoms with Crippen molar-refractivity contribution in [3.8, 4) is 5.75 Å². The Bertz CT molecular complexity index is 393. The average molecular weight is 301 g/mol. The first-order valence-corrected chi connectivity index (χ1v) is 7.67. The molecule has 3 nitrogen and oxygen atoms in total. The number of aryl methyl sites for hydroxylation is 1. The van der Waals surface area contributed by atoms with Crippen LogP contribution in [0.15, 0.2) is 24.3 Å². The molecule has 0 spiro atoms. The van der Waals surface area contributed by atoms with Gasteiger partial charge < -0.3 is 0 Å². The van der Waals surface area contributed by atoms with Crippen LogP contribution in [-0.4, -0.2) is 35.5 Å². The Labute approximate surface area is 150 Å². The fourth-order valence-electron chi connectivity index (χ4n) is 2.17. The summed E-state index contributed by atoms with van der Waals surface area (Å²) in [5.41, 5.74) is 1.10. The number of hydrogen-bond donors (Lipinski definition) is 0. The van der Waals surface area contributed by atoms with Crippen molar-refractivity contribution in [3.05, 3.63) is 29.8 Å². The standard InChI is InChI=1S/C17H26O3.Na/c1-3-4-5-6-7-8-9-12-16-13-10-11-14-17(16)20-19-15(2)18;/h10-11,13-14H,3-9,12H2,1-2H3;. The molecule has 0 heterocycles. The van der Waals surface area contributed by atoms with Gasteiger partial charge >= 0.3 is 5.97 Å². The van der Waals surface area contributed by atoms with E-state index in [9.17, 15) is 4.79 Å². The maximum atomic E-state index is 10.8. The number of carbonyl (C=O) groups is 1. The van der Waals surface area contributed by atoms with Gasteiger partial charge in [0.1, 0.15) is 0 Å². The normalized spacial score (nSPS) is 9.81. The predicted molar refractivity (Wildman–Crippen MR) is 86.3 cm³/mol. The Morgan fingerprint density at radius 2 is 1.62 bits per heavy atom. The van der Waals surface area contributed by atoms with E-state index in [0.717, 1.165) is 18.4 Å². The van der Waals surface area contributed by atoms with Crippen LogP contribution in [0.4, 0.5) is 0 Å². The molecule has 0 atom stereocenters. The third-order valence-corrected chi connectivity index (χ3v) is 3.27. The van der Waals surface area contributed by atoms with Crippen molar-refractivity contribution in [1.29, 1.82) is 0 Å². The van der Waals surface area contributed by atoms with Crippen LogP contribution in [-0.2, 0) is 16.1 Å². The Balaban J connectivity index is 0.00000400. The topological polar surface area (TPSA) is 35.5 Å². The average Bonchev–Trinajstić information content (AvgIpc) is 2.45. The Morgan fingerprint density at radius 3 is 2.29 bits per heavy atom. The summed E-state index contributed by atoms with van der Waals surface area (Å²) in [5, 5.41) is 0. The molecule has 0 saturated heterocycles. The molecule has 1 aromatic rings. The quantitative estimate of drug-likeness (QED) is 0.277. The van der Waals surface area contributed by atoms with E-state index in [-0.39, 0.29) is 29.6 Å². The van der Waals surface area contributed by atoms with Gasteiger partial charge in [0.2, 0.25) is 0 Å². The summed E-state index contributed by atoms with van der Waals surface area (Å²) in [5.74, 6) is 0.212. The second-order valence-electron chi connectivity index (χ2n) is 5.14. The van der Waals surface area contributed by atoms with Crippen LogP contribution < -0.4 is 4.89 Å². The summed E-state index contributed by atoms with van der Waals surface area (Å²) < 4.78 is 0. The Hall–Kier alpha value is -0.510. The summed E-state index contributed by atoms with van der Waals surface area (Å²) >= 11 is 0. The predicted octanol–water partition coefficient (Wildman–Crippen LogP) is 4.46. The molecule has 113 valence electrons. The minimum atomic E-state index is -0.435. The molecule has 1 rings (SSSR count). The first-order valence-electron chi connectivity index (χ1n) is 7.67. The molecule has 0 aliphatic heterocycles. The van der Waals surface area contributed by atoms with E-state index in [1.807, 2.05) is 24.3 Å². The van der Waals surface area contributed by atoms with E-state index in [0.29, 0.717) is 5.75 Å². The summed E-state index contributed by atoms with van der Waals surface area (Å²) in [6.07, 6.45) is 9.97. The third-order valence-electron chi connectivity index (χ3n) is 3.27. The van der Waals surface area contributed by atoms with E-state index >= 15 is 0 Å². The molecule has 0 unspecified atom stereocenters. The minimum absolute atomic E-state index is 0. The molecule has 0 N–H and O–H groups in total. The van der Waals surface area contributed by atoms with Gasteiger partial charge in [0.25, 0.3) is 0 Å². The number of rotatable bonds is 10. The SMILES string of the molecule is CCCCCCCCCc1ccccc1OOC(C)=O.[Na]. The number of para-hydroxylation sites is 1. The first kappa shape index (κ1) is 20.5. The van der Waals surface area contributed by atoms with Crippen LogP contribution in [0.25, 0.3) is 0 Å². The van der Waals surface area contributed by atoms with E-state index in [2.05, 4.69) is 11.8 Å². The van der Waals surface area contributed by atoms with Gasteiger partial charge in [-0.2, -0.15) is 0 Å². The van der Waals surface area contributed by atoms with E-state index < -0.39 is 5.97 Å². The van der Waals surface area contributed by atoms with Gasteiger partial charge in [0.05, 0.1) is 0 Å². The molecule has 0 aromatic heterocycles. The second-order valence-corrected chi connectivity index (χ2v) is 5.14. The summed E-state index contributed by atoms with van der Waals surface area (Å²) in [6.45, 7) is 3.57. The van der Waals surface area contributed by atoms with Gasteiger partial charge in [-0.15, -0.1) is 0 Å². The van der Waals surface area contributed by atoms with Gasteiger partial charge in [-0.3, -0.25) is 9.78 Å². The molecule has 21 heavy (non-hydrogen) atoms. The zero-order valence-corrected chi connectivity index (χ0v) is 15.7. The third kappa shape index (κ3) is 9.94. The number of carbonyl (C=O) groups excluding carboxylic acids is 1. The van der Waals surface area contributed by atoms with Gasteiger partial charge in [-0.05, 0) is 24.5 Å². The molecule has 1 radical (unpaired) electrons. The zero-order chi connectivity index (χ0) is 14.6. The first-order chi connectivity index (χ1) is 9.74. The molecule has 1 aromatic carbocycles. The van der Waals surface area contributed by atoms with Gasteiger partial charge in [0, 0.05) is 36.5 Å². The maximum absolute atomic E-state index is 10.8. The molecular formula is C17H26NaO3. The van der Waals surface area contributed by atoms with Gasteiger partial charge in [0.15, 0.2) is 5.75 Å². The Kier molecular flexibility index (Phi) is 12.9. The van der Waals surface area contributed by atoms with Crippen molar-refractivity contribution in [2.24, 2.45) is 0 Å². The van der Waals surface area contributed by atoms with Crippen molar-refractivity contribution >= 4 is 35.5 Å². The molecule has 0 amide bonds. The summed E-state index contributed by atoms with van der Waals surface area (Å²) in [6, 6.07) is 7.72. The molecular weight excluding hydrogens is 275 g/mol. The van der Waals surface area contributed by atoms with Crippen LogP contribution in [0, 0.1) is 0 Å². The van der Waals surface area contributed by atoms with Crippen LogP contribution in [0.5, 0.6) is 5.75 Å². The zero-order valence-electron chi connectivity index (χ0n) is 13.7. The Morgan fingerprint density at radius 1 is 1.00 bits per heavy atom.